The lowest BCUT2D eigenvalue weighted by atomic mass is 9.47. The van der Waals surface area contributed by atoms with Gasteiger partial charge >= 0.3 is 0 Å². The zero-order chi connectivity index (χ0) is 27.0. The smallest absolute Gasteiger partial charge is 0.202 e. The molecule has 7 N–H and O–H groups in total. The summed E-state index contributed by atoms with van der Waals surface area (Å²) in [4.78, 5) is 40.4. The van der Waals surface area contributed by atoms with Gasteiger partial charge in [0.05, 0.1) is 45.8 Å². The number of phenolic OH excluding ortho intramolecular Hbond substituents is 3. The van der Waals surface area contributed by atoms with Crippen LogP contribution in [0.1, 0.15) is 67.4 Å². The third-order valence-electron chi connectivity index (χ3n) is 8.91. The number of aliphatic hydroxyl groups is 3. The monoisotopic (exact) mass is 515 g/mol. The highest BCUT2D eigenvalue weighted by Gasteiger charge is 2.74. The highest BCUT2D eigenvalue weighted by molar-refractivity contribution is 6.33. The van der Waals surface area contributed by atoms with Crippen molar-refractivity contribution in [2.75, 3.05) is 5.32 Å². The van der Waals surface area contributed by atoms with Gasteiger partial charge < -0.3 is 36.0 Å². The van der Waals surface area contributed by atoms with E-state index in [1.807, 2.05) is 0 Å². The Morgan fingerprint density at radius 2 is 1.34 bits per heavy atom. The summed E-state index contributed by atoms with van der Waals surface area (Å²) in [6, 6.07) is 8.64. The lowest BCUT2D eigenvalue weighted by Crippen LogP contribution is -2.75. The van der Waals surface area contributed by atoms with Gasteiger partial charge in [-0.25, -0.2) is 0 Å². The zero-order valence-corrected chi connectivity index (χ0v) is 19.8. The molecule has 1 unspecified atom stereocenters. The van der Waals surface area contributed by atoms with E-state index in [1.54, 1.807) is 24.3 Å². The number of hydrogen-bond donors (Lipinski definition) is 7. The van der Waals surface area contributed by atoms with E-state index in [2.05, 4.69) is 5.32 Å². The number of phenols is 3. The maximum atomic E-state index is 13.8. The molecule has 10 heteroatoms. The lowest BCUT2D eigenvalue weighted by molar-refractivity contribution is -0.246. The van der Waals surface area contributed by atoms with Crippen molar-refractivity contribution in [3.8, 4) is 17.2 Å². The predicted molar refractivity (Wildman–Crippen MR) is 129 cm³/mol. The van der Waals surface area contributed by atoms with Crippen LogP contribution in [0.3, 0.4) is 0 Å². The van der Waals surface area contributed by atoms with Crippen molar-refractivity contribution < 1.29 is 45.0 Å². The molecule has 1 heterocycles. The Morgan fingerprint density at radius 1 is 0.789 bits per heavy atom. The zero-order valence-electron chi connectivity index (χ0n) is 19.8. The summed E-state index contributed by atoms with van der Waals surface area (Å²) in [5.74, 6) is -6.96. The van der Waals surface area contributed by atoms with E-state index in [-0.39, 0.29) is 16.8 Å². The van der Waals surface area contributed by atoms with Crippen LogP contribution in [0, 0.1) is 5.92 Å². The summed E-state index contributed by atoms with van der Waals surface area (Å²) in [6.07, 6.45) is -1.72. The van der Waals surface area contributed by atoms with Crippen LogP contribution >= 0.6 is 0 Å². The Morgan fingerprint density at radius 3 is 1.97 bits per heavy atom. The normalized spacial score (nSPS) is 32.1. The molecule has 4 bridgehead atoms. The van der Waals surface area contributed by atoms with Gasteiger partial charge in [0, 0.05) is 5.56 Å². The predicted octanol–water partition coefficient (Wildman–Crippen LogP) is 1.34. The van der Waals surface area contributed by atoms with Gasteiger partial charge in [-0.2, -0.15) is 0 Å². The number of rotatable bonds is 0. The molecule has 1 fully saturated rings. The average Bonchev–Trinajstić information content (AvgIpc) is 2.88. The largest absolute Gasteiger partial charge is 0.507 e. The van der Waals surface area contributed by atoms with Crippen LogP contribution in [0.2, 0.25) is 0 Å². The summed E-state index contributed by atoms with van der Waals surface area (Å²) in [6.45, 7) is 1.39. The Hall–Kier alpha value is -4.25. The highest BCUT2D eigenvalue weighted by atomic mass is 16.4. The van der Waals surface area contributed by atoms with E-state index >= 15 is 0 Å². The van der Waals surface area contributed by atoms with Crippen molar-refractivity contribution >= 4 is 23.0 Å². The van der Waals surface area contributed by atoms with Crippen LogP contribution < -0.4 is 5.32 Å². The van der Waals surface area contributed by atoms with E-state index < -0.39 is 86.5 Å². The minimum Gasteiger partial charge on any atom is -0.507 e. The molecule has 3 aromatic carbocycles. The number of benzene rings is 3. The molecule has 4 aliphatic rings. The second-order valence-electron chi connectivity index (χ2n) is 10.4. The second-order valence-corrected chi connectivity index (χ2v) is 10.4. The van der Waals surface area contributed by atoms with E-state index in [1.165, 1.54) is 6.92 Å². The molecular weight excluding hydrogens is 494 g/mol. The number of aromatic hydroxyl groups is 3. The van der Waals surface area contributed by atoms with Crippen molar-refractivity contribution in [3.05, 3.63) is 81.4 Å². The fraction of sp³-hybridized carbons (Fsp3) is 0.250. The van der Waals surface area contributed by atoms with Crippen molar-refractivity contribution in [3.63, 3.8) is 0 Å². The number of Topliss-reactive ketones (excluding diaryl/α,β-unsaturated/α-hetero) is 1. The molecule has 3 aromatic rings. The summed E-state index contributed by atoms with van der Waals surface area (Å²) in [5.41, 5.74) is -5.74. The Kier molecular flexibility index (Phi) is 4.09. The quantitative estimate of drug-likeness (QED) is 0.169. The Balaban J connectivity index is 1.60. The van der Waals surface area contributed by atoms with Crippen molar-refractivity contribution in [2.24, 2.45) is 5.92 Å². The maximum absolute atomic E-state index is 13.8. The van der Waals surface area contributed by atoms with Crippen LogP contribution in [-0.2, 0) is 10.4 Å². The van der Waals surface area contributed by atoms with Gasteiger partial charge in [-0.3, -0.25) is 14.4 Å². The van der Waals surface area contributed by atoms with Crippen molar-refractivity contribution in [2.45, 2.75) is 36.2 Å². The van der Waals surface area contributed by atoms with Gasteiger partial charge in [0.1, 0.15) is 34.6 Å². The number of carbonyl (C=O) groups is 3. The fourth-order valence-corrected chi connectivity index (χ4v) is 7.19. The van der Waals surface area contributed by atoms with Crippen LogP contribution in [0.15, 0.2) is 42.5 Å². The molecule has 0 amide bonds. The van der Waals surface area contributed by atoms with Gasteiger partial charge in [0.2, 0.25) is 11.6 Å². The van der Waals surface area contributed by atoms with Gasteiger partial charge in [-0.15, -0.1) is 0 Å². The lowest BCUT2D eigenvalue weighted by Gasteiger charge is -2.64. The number of carbonyl (C=O) groups excluding carboxylic acids is 3. The molecule has 1 saturated carbocycles. The summed E-state index contributed by atoms with van der Waals surface area (Å²) in [5, 5.41) is 70.7. The third-order valence-corrected chi connectivity index (χ3v) is 8.91. The van der Waals surface area contributed by atoms with E-state index in [4.69, 9.17) is 0 Å². The van der Waals surface area contributed by atoms with Crippen LogP contribution in [-0.4, -0.2) is 59.7 Å². The minimum atomic E-state index is -2.38. The maximum Gasteiger partial charge on any atom is 0.202 e. The van der Waals surface area contributed by atoms with Gasteiger partial charge in [-0.1, -0.05) is 31.2 Å². The molecule has 0 aromatic heterocycles. The van der Waals surface area contributed by atoms with Gasteiger partial charge in [-0.05, 0) is 29.3 Å². The summed E-state index contributed by atoms with van der Waals surface area (Å²) >= 11 is 0. The van der Waals surface area contributed by atoms with E-state index in [0.29, 0.717) is 11.1 Å². The van der Waals surface area contributed by atoms with Crippen LogP contribution in [0.5, 0.6) is 17.2 Å². The average molecular weight is 515 g/mol. The molecule has 3 aliphatic carbocycles. The number of fused-ring (bicyclic) bond motifs is 7. The molecule has 1 aliphatic heterocycles. The molecule has 0 saturated heterocycles. The minimum absolute atomic E-state index is 0.0880. The molecule has 10 nitrogen and oxygen atoms in total. The first kappa shape index (κ1) is 22.9. The molecule has 0 radical (unpaired) electrons. The van der Waals surface area contributed by atoms with Gasteiger partial charge in [0.15, 0.2) is 5.78 Å². The standard InChI is InChI=1S/C28H21NO9/c1-9-22(33)25(36)20-10-4-2-3-5-11(10)26-27(9,37)28(20,38)12-8-15(32)18-19(21(12)29-26)24(35)17-14(31)7-6-13(30)16(17)23(18)34/h2-9,20,25-26,29-32,36-38H,1H3/t9-,20+,25?,26-,27-,28-/m0/s1. The van der Waals surface area contributed by atoms with E-state index in [0.717, 1.165) is 18.2 Å². The molecule has 192 valence electrons. The first-order valence-corrected chi connectivity index (χ1v) is 12.0. The number of hydrogen-bond acceptors (Lipinski definition) is 10. The molecule has 38 heavy (non-hydrogen) atoms. The number of anilines is 1. The molecule has 7 rings (SSSR count). The topological polar surface area (TPSA) is 185 Å². The fourth-order valence-electron chi connectivity index (χ4n) is 7.19. The molecule has 0 spiro atoms. The third kappa shape index (κ3) is 2.20. The SMILES string of the molecule is C[C@H]1C(=O)C(O)[C@H]2c3ccccc3[C@@H]3Nc4c(cc(O)c5c4C(=O)c4c(O)ccc(O)c4C5=O)[C@@]2(O)[C@]13O. The highest BCUT2D eigenvalue weighted by Crippen LogP contribution is 2.67. The first-order valence-electron chi connectivity index (χ1n) is 12.0. The second kappa shape index (κ2) is 6.79. The number of aliphatic hydroxyl groups excluding tert-OH is 1. The molecular formula is C28H21NO9. The van der Waals surface area contributed by atoms with E-state index in [9.17, 15) is 45.0 Å². The summed E-state index contributed by atoms with van der Waals surface area (Å²) in [7, 11) is 0. The van der Waals surface area contributed by atoms with Crippen LogP contribution in [0.4, 0.5) is 5.69 Å². The number of ketones is 3. The van der Waals surface area contributed by atoms with Crippen LogP contribution in [0.25, 0.3) is 0 Å². The molecule has 6 atom stereocenters. The Labute approximate surface area is 214 Å². The van der Waals surface area contributed by atoms with Crippen molar-refractivity contribution in [1.29, 1.82) is 0 Å². The first-order chi connectivity index (χ1) is 18.0. The summed E-state index contributed by atoms with van der Waals surface area (Å²) < 4.78 is 0. The van der Waals surface area contributed by atoms with Gasteiger partial charge in [0.25, 0.3) is 0 Å². The Bertz CT molecular complexity index is 1680. The van der Waals surface area contributed by atoms with Crippen molar-refractivity contribution in [1.82, 2.24) is 0 Å². The number of nitrogens with one attached hydrogen (secondary N) is 1.